The van der Waals surface area contributed by atoms with Crippen LogP contribution in [0.3, 0.4) is 0 Å². The van der Waals surface area contributed by atoms with Crippen molar-refractivity contribution in [3.8, 4) is 6.07 Å². The van der Waals surface area contributed by atoms with Gasteiger partial charge in [0.2, 0.25) is 0 Å². The van der Waals surface area contributed by atoms with Gasteiger partial charge in [-0.15, -0.1) is 0 Å². The summed E-state index contributed by atoms with van der Waals surface area (Å²) in [5.41, 5.74) is 1.50. The predicted octanol–water partition coefficient (Wildman–Crippen LogP) is 3.49. The van der Waals surface area contributed by atoms with Crippen molar-refractivity contribution >= 4 is 0 Å². The van der Waals surface area contributed by atoms with E-state index >= 15 is 0 Å². The van der Waals surface area contributed by atoms with E-state index in [0.717, 1.165) is 19.4 Å². The van der Waals surface area contributed by atoms with E-state index in [1.54, 1.807) is 0 Å². The van der Waals surface area contributed by atoms with Crippen LogP contribution in [0.25, 0.3) is 0 Å². The van der Waals surface area contributed by atoms with Crippen LogP contribution < -0.4 is 0 Å². The van der Waals surface area contributed by atoms with Crippen molar-refractivity contribution in [3.63, 3.8) is 0 Å². The lowest BCUT2D eigenvalue weighted by atomic mass is 9.64. The third kappa shape index (κ3) is 2.98. The van der Waals surface area contributed by atoms with Crippen LogP contribution in [0.1, 0.15) is 32.3 Å². The van der Waals surface area contributed by atoms with Gasteiger partial charge in [-0.05, 0) is 43.7 Å². The van der Waals surface area contributed by atoms with E-state index in [2.05, 4.69) is 62.2 Å². The van der Waals surface area contributed by atoms with Gasteiger partial charge in [-0.25, -0.2) is 0 Å². The summed E-state index contributed by atoms with van der Waals surface area (Å²) in [5, 5.41) is 9.27. The molecule has 3 atom stereocenters. The third-order valence-electron chi connectivity index (χ3n) is 4.89. The molecule has 0 aromatic heterocycles. The highest BCUT2D eigenvalue weighted by atomic mass is 15.1. The summed E-state index contributed by atoms with van der Waals surface area (Å²) in [5.74, 6) is 0.563. The highest BCUT2D eigenvalue weighted by Gasteiger charge is 2.42. The molecular weight excluding hydrogens is 232 g/mol. The molecule has 2 nitrogen and oxygen atoms in total. The van der Waals surface area contributed by atoms with Crippen LogP contribution in [-0.4, -0.2) is 24.5 Å². The molecule has 0 bridgehead atoms. The quantitative estimate of drug-likeness (QED) is 0.827. The molecule has 1 aromatic carbocycles. The normalized spacial score (nSPS) is 31.9. The maximum absolute atomic E-state index is 9.27. The van der Waals surface area contributed by atoms with Gasteiger partial charge in [0.1, 0.15) is 0 Å². The Kier molecular flexibility index (Phi) is 4.27. The zero-order valence-electron chi connectivity index (χ0n) is 12.3. The highest BCUT2D eigenvalue weighted by Crippen LogP contribution is 2.44. The number of hydrogen-bond acceptors (Lipinski definition) is 2. The maximum atomic E-state index is 9.27. The Morgan fingerprint density at radius 3 is 2.63 bits per heavy atom. The van der Waals surface area contributed by atoms with Crippen LogP contribution in [0.2, 0.25) is 0 Å². The molecule has 1 aliphatic heterocycles. The number of nitriles is 1. The molecule has 0 unspecified atom stereocenters. The van der Waals surface area contributed by atoms with Crippen molar-refractivity contribution in [2.75, 3.05) is 13.6 Å². The number of rotatable bonds is 3. The van der Waals surface area contributed by atoms with Crippen molar-refractivity contribution in [2.24, 2.45) is 11.3 Å². The van der Waals surface area contributed by atoms with E-state index < -0.39 is 0 Å². The molecular formula is C17H24N2. The molecule has 1 aromatic rings. The van der Waals surface area contributed by atoms with Crippen molar-refractivity contribution in [2.45, 2.75) is 39.2 Å². The van der Waals surface area contributed by atoms with E-state index in [4.69, 9.17) is 0 Å². The average molecular weight is 256 g/mol. The van der Waals surface area contributed by atoms with Crippen LogP contribution in [0.15, 0.2) is 30.3 Å². The van der Waals surface area contributed by atoms with Crippen molar-refractivity contribution in [1.82, 2.24) is 4.90 Å². The fraction of sp³-hybridized carbons (Fsp3) is 0.588. The first-order chi connectivity index (χ1) is 9.07. The van der Waals surface area contributed by atoms with Gasteiger partial charge >= 0.3 is 0 Å². The maximum Gasteiger partial charge on any atom is 0.0627 e. The van der Waals surface area contributed by atoms with Gasteiger partial charge in [-0.1, -0.05) is 37.3 Å². The van der Waals surface area contributed by atoms with Gasteiger partial charge in [0.05, 0.1) is 6.07 Å². The first kappa shape index (κ1) is 14.1. The van der Waals surface area contributed by atoms with Crippen molar-refractivity contribution < 1.29 is 0 Å². The van der Waals surface area contributed by atoms with Gasteiger partial charge < -0.3 is 4.90 Å². The summed E-state index contributed by atoms with van der Waals surface area (Å²) < 4.78 is 0. The number of likely N-dealkylation sites (tertiary alicyclic amines) is 1. The fourth-order valence-corrected chi connectivity index (χ4v) is 3.47. The smallest absolute Gasteiger partial charge is 0.0627 e. The molecule has 0 radical (unpaired) electrons. The minimum Gasteiger partial charge on any atom is -0.303 e. The van der Waals surface area contributed by atoms with Crippen molar-refractivity contribution in [1.29, 1.82) is 5.26 Å². The molecule has 1 aliphatic rings. The third-order valence-corrected chi connectivity index (χ3v) is 4.89. The minimum absolute atomic E-state index is 0.141. The summed E-state index contributed by atoms with van der Waals surface area (Å²) in [6, 6.07) is 13.6. The lowest BCUT2D eigenvalue weighted by Crippen LogP contribution is -2.50. The Balaban J connectivity index is 2.25. The van der Waals surface area contributed by atoms with Crippen LogP contribution in [0.4, 0.5) is 0 Å². The zero-order valence-corrected chi connectivity index (χ0v) is 12.3. The van der Waals surface area contributed by atoms with Crippen LogP contribution in [0, 0.1) is 22.7 Å². The minimum atomic E-state index is 0.141. The second-order valence-electron chi connectivity index (χ2n) is 6.25. The summed E-state index contributed by atoms with van der Waals surface area (Å²) >= 11 is 0. The Morgan fingerprint density at radius 1 is 1.32 bits per heavy atom. The Hall–Kier alpha value is -1.33. The second-order valence-corrected chi connectivity index (χ2v) is 6.25. The molecule has 0 N–H and O–H groups in total. The fourth-order valence-electron chi connectivity index (χ4n) is 3.47. The van der Waals surface area contributed by atoms with E-state index in [0.29, 0.717) is 18.4 Å². The molecule has 0 aliphatic carbocycles. The van der Waals surface area contributed by atoms with Gasteiger partial charge in [-0.2, -0.15) is 5.26 Å². The summed E-state index contributed by atoms with van der Waals surface area (Å²) in [4.78, 5) is 2.42. The largest absolute Gasteiger partial charge is 0.303 e. The van der Waals surface area contributed by atoms with E-state index in [-0.39, 0.29) is 5.41 Å². The van der Waals surface area contributed by atoms with Crippen LogP contribution in [-0.2, 0) is 6.42 Å². The molecule has 102 valence electrons. The number of hydrogen-bond donors (Lipinski definition) is 0. The molecule has 1 fully saturated rings. The van der Waals surface area contributed by atoms with Crippen molar-refractivity contribution in [3.05, 3.63) is 35.9 Å². The first-order valence-corrected chi connectivity index (χ1v) is 7.18. The number of nitrogens with zero attached hydrogens (tertiary/aromatic N) is 2. The standard InChI is InChI=1S/C17H24N2/c1-14-13-19(3)15(2)11-17(14,9-10-18)12-16-7-5-4-6-8-16/h4-8,14-15H,9,11-13H2,1-3H3/t14-,15-,17+/m1/s1. The SMILES string of the molecule is C[C@@H]1C[C@@](CC#N)(Cc2ccccc2)[C@H](C)CN1C. The zero-order chi connectivity index (χ0) is 13.9. The molecule has 19 heavy (non-hydrogen) atoms. The van der Waals surface area contributed by atoms with Gasteiger partial charge in [0, 0.05) is 19.0 Å². The number of benzene rings is 1. The van der Waals surface area contributed by atoms with E-state index in [9.17, 15) is 5.26 Å². The summed E-state index contributed by atoms with van der Waals surface area (Å²) in [7, 11) is 2.19. The molecule has 1 heterocycles. The monoisotopic (exact) mass is 256 g/mol. The molecule has 0 amide bonds. The first-order valence-electron chi connectivity index (χ1n) is 7.18. The topological polar surface area (TPSA) is 27.0 Å². The Bertz CT molecular complexity index is 448. The average Bonchev–Trinajstić information content (AvgIpc) is 2.38. The second kappa shape index (κ2) is 5.75. The van der Waals surface area contributed by atoms with Gasteiger partial charge in [0.15, 0.2) is 0 Å². The Labute approximate surface area is 117 Å². The Morgan fingerprint density at radius 2 is 2.00 bits per heavy atom. The molecule has 0 spiro atoms. The van der Waals surface area contributed by atoms with Gasteiger partial charge in [-0.3, -0.25) is 0 Å². The van der Waals surface area contributed by atoms with Crippen LogP contribution in [0.5, 0.6) is 0 Å². The molecule has 2 heteroatoms. The molecule has 0 saturated carbocycles. The molecule has 2 rings (SSSR count). The predicted molar refractivity (Wildman–Crippen MR) is 78.7 cm³/mol. The van der Waals surface area contributed by atoms with E-state index in [1.807, 2.05) is 0 Å². The highest BCUT2D eigenvalue weighted by molar-refractivity contribution is 5.18. The lowest BCUT2D eigenvalue weighted by molar-refractivity contribution is 0.0228. The van der Waals surface area contributed by atoms with Gasteiger partial charge in [0.25, 0.3) is 0 Å². The summed E-state index contributed by atoms with van der Waals surface area (Å²) in [6.45, 7) is 5.68. The number of piperidine rings is 1. The lowest BCUT2D eigenvalue weighted by Gasteiger charge is -2.48. The molecule has 1 saturated heterocycles. The van der Waals surface area contributed by atoms with Crippen LogP contribution >= 0.6 is 0 Å². The van der Waals surface area contributed by atoms with E-state index in [1.165, 1.54) is 5.56 Å². The summed E-state index contributed by atoms with van der Waals surface area (Å²) in [6.07, 6.45) is 2.81.